The molecule has 0 bridgehead atoms. The maximum absolute atomic E-state index is 5.99. The van der Waals surface area contributed by atoms with E-state index in [1.54, 1.807) is 11.8 Å². The monoisotopic (exact) mass is 432 g/mol. The van der Waals surface area contributed by atoms with Crippen LogP contribution < -0.4 is 9.20 Å². The molecule has 1 nitrogen and oxygen atoms in total. The van der Waals surface area contributed by atoms with E-state index in [2.05, 4.69) is 29.2 Å². The average Bonchev–Trinajstić information content (AvgIpc) is 2.67. The number of halogens is 1. The van der Waals surface area contributed by atoms with Crippen molar-refractivity contribution in [1.82, 2.24) is 0 Å². The van der Waals surface area contributed by atoms with Crippen molar-refractivity contribution in [3.63, 3.8) is 0 Å². The Bertz CT molecular complexity index is 804. The van der Waals surface area contributed by atoms with Gasteiger partial charge in [-0.2, -0.15) is 0 Å². The van der Waals surface area contributed by atoms with E-state index in [-0.39, 0.29) is 15.0 Å². The molecule has 0 atom stereocenters. The summed E-state index contributed by atoms with van der Waals surface area (Å²) in [5.74, 6) is 0.886. The summed E-state index contributed by atoms with van der Waals surface area (Å²) in [6.07, 6.45) is 0. The van der Waals surface area contributed by atoms with E-state index in [0.717, 1.165) is 15.7 Å². The fourth-order valence-electron chi connectivity index (χ4n) is 2.05. The molecule has 3 aromatic rings. The Morgan fingerprint density at radius 1 is 0.880 bits per heavy atom. The number of benzene rings is 3. The number of hydrogen-bond donors (Lipinski definition) is 0. The van der Waals surface area contributed by atoms with Crippen LogP contribution in [-0.2, 0) is 0 Å². The molecule has 0 aliphatic rings. The van der Waals surface area contributed by atoms with Crippen molar-refractivity contribution in [2.45, 2.75) is 4.90 Å². The second-order valence-corrected chi connectivity index (χ2v) is 8.79. The molecule has 0 aliphatic heterocycles. The summed E-state index contributed by atoms with van der Waals surface area (Å²) in [7, 11) is 0. The summed E-state index contributed by atoms with van der Waals surface area (Å²) < 4.78 is 7.30. The molecule has 0 saturated heterocycles. The van der Waals surface area contributed by atoms with Gasteiger partial charge in [0.15, 0.2) is 0 Å². The molecule has 0 aromatic heterocycles. The molecular weight excluding hydrogens is 415 g/mol. The molecule has 0 radical (unpaired) electrons. The third-order valence-electron chi connectivity index (χ3n) is 3.26. The van der Waals surface area contributed by atoms with Gasteiger partial charge in [-0.25, -0.2) is 0 Å². The summed E-state index contributed by atoms with van der Waals surface area (Å²) in [5.41, 5.74) is 0. The third-order valence-corrected chi connectivity index (χ3v) is 6.84. The van der Waals surface area contributed by atoms with Crippen LogP contribution in [0.25, 0.3) is 0 Å². The van der Waals surface area contributed by atoms with Gasteiger partial charge in [0, 0.05) is 0 Å². The number of rotatable bonds is 7. The fourth-order valence-corrected chi connectivity index (χ4v) is 4.83. The minimum atomic E-state index is 0.274. The second-order valence-electron chi connectivity index (χ2n) is 5.17. The molecule has 0 aliphatic carbocycles. The van der Waals surface area contributed by atoms with E-state index >= 15 is 0 Å². The summed E-state index contributed by atoms with van der Waals surface area (Å²) >= 11 is 7.99. The molecule has 25 heavy (non-hydrogen) atoms. The van der Waals surface area contributed by atoms with Gasteiger partial charge in [0.05, 0.1) is 0 Å². The van der Waals surface area contributed by atoms with Gasteiger partial charge in [0.1, 0.15) is 0 Å². The zero-order valence-corrected chi connectivity index (χ0v) is 16.8. The fraction of sp³-hybridized carbons (Fsp3) is 0.0476. The zero-order chi connectivity index (χ0) is 17.3. The van der Waals surface area contributed by atoms with Crippen LogP contribution in [0.2, 0.25) is 5.02 Å². The Hall–Kier alpha value is -1.64. The summed E-state index contributed by atoms with van der Waals surface area (Å²) in [6.45, 7) is 0.561. The standard InChI is InChI=1S/C21H17ClOSSe/c22-17-11-13-19(14-12-17)24-20(15-23-18-7-3-1-4-8-18)16-25-21-9-5-2-6-10-21/h1-14,16H,15H2/b20-16-. The van der Waals surface area contributed by atoms with Crippen molar-refractivity contribution in [2.75, 3.05) is 6.61 Å². The van der Waals surface area contributed by atoms with Crippen molar-refractivity contribution in [1.29, 1.82) is 0 Å². The van der Waals surface area contributed by atoms with Crippen LogP contribution >= 0.6 is 23.4 Å². The Morgan fingerprint density at radius 3 is 2.20 bits per heavy atom. The van der Waals surface area contributed by atoms with Gasteiger partial charge in [0.25, 0.3) is 0 Å². The van der Waals surface area contributed by atoms with E-state index in [0.29, 0.717) is 6.61 Å². The SMILES string of the molecule is Clc1ccc(S/C(=C\[Se]c2ccccc2)COc2ccccc2)cc1. The normalized spacial score (nSPS) is 11.3. The van der Waals surface area contributed by atoms with E-state index in [1.165, 1.54) is 9.37 Å². The minimum absolute atomic E-state index is 0.274. The van der Waals surface area contributed by atoms with Gasteiger partial charge in [-0.1, -0.05) is 0 Å². The predicted molar refractivity (Wildman–Crippen MR) is 109 cm³/mol. The maximum atomic E-state index is 5.99. The first kappa shape index (κ1) is 18.2. The van der Waals surface area contributed by atoms with Gasteiger partial charge >= 0.3 is 165 Å². The Labute approximate surface area is 164 Å². The van der Waals surface area contributed by atoms with E-state index in [1.807, 2.05) is 60.7 Å². The van der Waals surface area contributed by atoms with Crippen molar-refractivity contribution >= 4 is 42.8 Å². The number of thioether (sulfide) groups is 1. The quantitative estimate of drug-likeness (QED) is 0.367. The molecule has 0 fully saturated rings. The Kier molecular flexibility index (Phi) is 7.08. The molecule has 0 unspecified atom stereocenters. The number of hydrogen-bond acceptors (Lipinski definition) is 2. The van der Waals surface area contributed by atoms with Crippen molar-refractivity contribution in [2.24, 2.45) is 0 Å². The molecule has 0 amide bonds. The molecule has 126 valence electrons. The zero-order valence-electron chi connectivity index (χ0n) is 13.5. The second kappa shape index (κ2) is 9.74. The molecule has 0 saturated carbocycles. The number of para-hydroxylation sites is 1. The van der Waals surface area contributed by atoms with Crippen LogP contribution in [0.5, 0.6) is 5.75 Å². The van der Waals surface area contributed by atoms with Crippen molar-refractivity contribution in [3.05, 3.63) is 99.8 Å². The summed E-state index contributed by atoms with van der Waals surface area (Å²) in [6, 6.07) is 28.4. The average molecular weight is 432 g/mol. The van der Waals surface area contributed by atoms with Gasteiger partial charge in [-0.3, -0.25) is 0 Å². The molecule has 0 heterocycles. The molecular formula is C21H17ClOSSe. The van der Waals surface area contributed by atoms with E-state index in [4.69, 9.17) is 16.3 Å². The topological polar surface area (TPSA) is 9.23 Å². The van der Waals surface area contributed by atoms with Gasteiger partial charge in [-0.15, -0.1) is 0 Å². The van der Waals surface area contributed by atoms with Gasteiger partial charge in [-0.05, 0) is 0 Å². The van der Waals surface area contributed by atoms with Gasteiger partial charge < -0.3 is 0 Å². The van der Waals surface area contributed by atoms with Crippen LogP contribution in [0.1, 0.15) is 0 Å². The summed E-state index contributed by atoms with van der Waals surface area (Å²) in [4.78, 5) is 4.66. The molecule has 3 rings (SSSR count). The van der Waals surface area contributed by atoms with Crippen LogP contribution in [-0.4, -0.2) is 21.6 Å². The Morgan fingerprint density at radius 2 is 1.52 bits per heavy atom. The third kappa shape index (κ3) is 6.30. The van der Waals surface area contributed by atoms with E-state index in [9.17, 15) is 0 Å². The Balaban J connectivity index is 1.71. The molecule has 3 aromatic carbocycles. The number of ether oxygens (including phenoxy) is 1. The molecule has 4 heteroatoms. The van der Waals surface area contributed by atoms with Crippen molar-refractivity contribution in [3.8, 4) is 5.75 Å². The van der Waals surface area contributed by atoms with Gasteiger partial charge in [0.2, 0.25) is 0 Å². The van der Waals surface area contributed by atoms with Crippen LogP contribution in [0.3, 0.4) is 0 Å². The van der Waals surface area contributed by atoms with Crippen LogP contribution in [0, 0.1) is 0 Å². The first-order chi connectivity index (χ1) is 12.3. The first-order valence-corrected chi connectivity index (χ1v) is 10.9. The van der Waals surface area contributed by atoms with Crippen LogP contribution in [0.4, 0.5) is 0 Å². The molecule has 0 N–H and O–H groups in total. The molecule has 0 spiro atoms. The van der Waals surface area contributed by atoms with Crippen LogP contribution in [0.15, 0.2) is 99.7 Å². The predicted octanol–water partition coefficient (Wildman–Crippen LogP) is 5.38. The summed E-state index contributed by atoms with van der Waals surface area (Å²) in [5, 5.41) is 0.754. The van der Waals surface area contributed by atoms with E-state index < -0.39 is 0 Å². The van der Waals surface area contributed by atoms with Crippen molar-refractivity contribution < 1.29 is 4.74 Å². The first-order valence-electron chi connectivity index (χ1n) is 7.81.